The maximum atomic E-state index is 12.5. The third kappa shape index (κ3) is 10.7. The summed E-state index contributed by atoms with van der Waals surface area (Å²) in [6.07, 6.45) is -0.234. The fourth-order valence-electron chi connectivity index (χ4n) is 2.18. The van der Waals surface area contributed by atoms with E-state index < -0.39 is 60.8 Å². The van der Waals surface area contributed by atoms with Crippen molar-refractivity contribution >= 4 is 42.3 Å². The molecule has 0 rings (SSSR count). The normalized spacial score (nSPS) is 13.9. The Kier molecular flexibility index (Phi) is 11.9. The molecule has 3 atom stereocenters. The summed E-state index contributed by atoms with van der Waals surface area (Å²) in [6.45, 7) is 3.10. The Labute approximate surface area is 168 Å². The maximum absolute atomic E-state index is 12.5. The smallest absolute Gasteiger partial charge is 0.322 e. The summed E-state index contributed by atoms with van der Waals surface area (Å²) in [7, 11) is 0. The zero-order chi connectivity index (χ0) is 21.9. The average molecular weight is 420 g/mol. The van der Waals surface area contributed by atoms with Gasteiger partial charge in [-0.2, -0.15) is 12.6 Å². The molecule has 3 amide bonds. The van der Waals surface area contributed by atoms with Crippen LogP contribution in [0.25, 0.3) is 0 Å². The van der Waals surface area contributed by atoms with Crippen molar-refractivity contribution in [2.75, 3.05) is 12.3 Å². The number of nitrogens with one attached hydrogen (secondary N) is 3. The Bertz CT molecular complexity index is 585. The van der Waals surface area contributed by atoms with Crippen molar-refractivity contribution in [3.63, 3.8) is 0 Å². The van der Waals surface area contributed by atoms with E-state index in [9.17, 15) is 24.0 Å². The second kappa shape index (κ2) is 12.9. The summed E-state index contributed by atoms with van der Waals surface area (Å²) in [5.74, 6) is -4.60. The van der Waals surface area contributed by atoms with E-state index in [0.717, 1.165) is 0 Å². The number of rotatable bonds is 13. The summed E-state index contributed by atoms with van der Waals surface area (Å²) in [6, 6.07) is -3.26. The topological polar surface area (TPSA) is 188 Å². The van der Waals surface area contributed by atoms with Crippen LogP contribution in [0.5, 0.6) is 0 Å². The van der Waals surface area contributed by atoms with Crippen LogP contribution in [0.4, 0.5) is 0 Å². The van der Waals surface area contributed by atoms with Gasteiger partial charge in [-0.15, -0.1) is 0 Å². The highest BCUT2D eigenvalue weighted by Crippen LogP contribution is 2.05. The van der Waals surface area contributed by atoms with Gasteiger partial charge in [-0.25, -0.2) is 0 Å². The van der Waals surface area contributed by atoms with Gasteiger partial charge in [-0.1, -0.05) is 13.8 Å². The summed E-state index contributed by atoms with van der Waals surface area (Å²) in [5.41, 5.74) is 5.77. The number of hydrogen-bond acceptors (Lipinski definition) is 7. The molecule has 0 aliphatic carbocycles. The molecule has 11 nitrogen and oxygen atoms in total. The highest BCUT2D eigenvalue weighted by molar-refractivity contribution is 7.80. The second-order valence-electron chi connectivity index (χ2n) is 6.58. The van der Waals surface area contributed by atoms with Gasteiger partial charge in [0.05, 0.1) is 6.04 Å². The zero-order valence-electron chi connectivity index (χ0n) is 15.8. The van der Waals surface area contributed by atoms with Gasteiger partial charge in [0.1, 0.15) is 18.6 Å². The first-order valence-corrected chi connectivity index (χ1v) is 9.29. The first kappa shape index (κ1) is 25.7. The van der Waals surface area contributed by atoms with Gasteiger partial charge in [0, 0.05) is 12.2 Å². The molecule has 0 aromatic heterocycles. The Morgan fingerprint density at radius 2 is 1.50 bits per heavy atom. The lowest BCUT2D eigenvalue weighted by molar-refractivity contribution is -0.138. The highest BCUT2D eigenvalue weighted by Gasteiger charge is 2.28. The quantitative estimate of drug-likeness (QED) is 0.172. The van der Waals surface area contributed by atoms with Crippen LogP contribution in [0, 0.1) is 5.92 Å². The number of carboxylic acids is 2. The Balaban J connectivity index is 5.07. The van der Waals surface area contributed by atoms with Crippen molar-refractivity contribution in [1.29, 1.82) is 0 Å². The van der Waals surface area contributed by atoms with Crippen molar-refractivity contribution < 1.29 is 34.2 Å². The first-order valence-electron chi connectivity index (χ1n) is 8.66. The largest absolute Gasteiger partial charge is 0.481 e. The SMILES string of the molecule is CC(C)CC(N)C(=O)NC(CCC(=O)O)C(=O)NC(CS)C(=O)NCC(=O)O. The minimum atomic E-state index is -1.26. The Hall–Kier alpha value is -2.34. The molecule has 0 fully saturated rings. The van der Waals surface area contributed by atoms with Gasteiger partial charge in [-0.05, 0) is 18.8 Å². The monoisotopic (exact) mass is 420 g/mol. The second-order valence-corrected chi connectivity index (χ2v) is 6.95. The highest BCUT2D eigenvalue weighted by atomic mass is 32.1. The van der Waals surface area contributed by atoms with Crippen LogP contribution in [0.15, 0.2) is 0 Å². The molecule has 0 bridgehead atoms. The predicted molar refractivity (Wildman–Crippen MR) is 103 cm³/mol. The molecule has 0 aromatic carbocycles. The van der Waals surface area contributed by atoms with Crippen LogP contribution in [-0.4, -0.2) is 70.3 Å². The number of hydrogen-bond donors (Lipinski definition) is 7. The molecule has 12 heteroatoms. The third-order valence-electron chi connectivity index (χ3n) is 3.57. The van der Waals surface area contributed by atoms with Crippen LogP contribution in [0.3, 0.4) is 0 Å². The average Bonchev–Trinajstić information content (AvgIpc) is 2.59. The number of thiol groups is 1. The van der Waals surface area contributed by atoms with Gasteiger partial charge in [0.2, 0.25) is 17.7 Å². The van der Waals surface area contributed by atoms with E-state index in [1.54, 1.807) is 0 Å². The molecule has 0 aromatic rings. The van der Waals surface area contributed by atoms with E-state index >= 15 is 0 Å². The van der Waals surface area contributed by atoms with Crippen LogP contribution in [0.1, 0.15) is 33.1 Å². The van der Waals surface area contributed by atoms with E-state index in [2.05, 4.69) is 28.6 Å². The van der Waals surface area contributed by atoms with Gasteiger partial charge >= 0.3 is 11.9 Å². The molecule has 0 saturated carbocycles. The van der Waals surface area contributed by atoms with Crippen molar-refractivity contribution in [1.82, 2.24) is 16.0 Å². The molecule has 0 saturated heterocycles. The summed E-state index contributed by atoms with van der Waals surface area (Å²) in [4.78, 5) is 57.9. The molecule has 3 unspecified atom stereocenters. The van der Waals surface area contributed by atoms with Crippen molar-refractivity contribution in [3.05, 3.63) is 0 Å². The summed E-state index contributed by atoms with van der Waals surface area (Å²) in [5, 5.41) is 24.3. The van der Waals surface area contributed by atoms with Gasteiger partial charge in [-0.3, -0.25) is 24.0 Å². The molecule has 0 heterocycles. The lowest BCUT2D eigenvalue weighted by Crippen LogP contribution is -2.56. The molecule has 0 spiro atoms. The predicted octanol–water partition coefficient (Wildman–Crippen LogP) is -1.68. The zero-order valence-corrected chi connectivity index (χ0v) is 16.7. The number of carbonyl (C=O) groups excluding carboxylic acids is 3. The molecule has 7 N–H and O–H groups in total. The summed E-state index contributed by atoms with van der Waals surface area (Å²) < 4.78 is 0. The Morgan fingerprint density at radius 3 is 1.96 bits per heavy atom. The van der Waals surface area contributed by atoms with Crippen molar-refractivity contribution in [3.8, 4) is 0 Å². The van der Waals surface area contributed by atoms with Gasteiger partial charge in [0.15, 0.2) is 0 Å². The van der Waals surface area contributed by atoms with E-state index in [0.29, 0.717) is 6.42 Å². The van der Waals surface area contributed by atoms with Crippen molar-refractivity contribution in [2.24, 2.45) is 11.7 Å². The molecule has 0 radical (unpaired) electrons. The minimum Gasteiger partial charge on any atom is -0.481 e. The standard InChI is InChI=1S/C16H28N4O7S/c1-8(2)5-9(17)14(25)19-10(3-4-12(21)22)16(27)20-11(7-28)15(26)18-6-13(23)24/h8-11,28H,3-7,17H2,1-2H3,(H,18,26)(H,19,25)(H,20,27)(H,21,22)(H,23,24). The molecular weight excluding hydrogens is 392 g/mol. The number of carboxylic acid groups (broad SMARTS) is 2. The van der Waals surface area contributed by atoms with E-state index in [-0.39, 0.29) is 18.1 Å². The summed E-state index contributed by atoms with van der Waals surface area (Å²) >= 11 is 3.94. The number of carbonyl (C=O) groups is 5. The molecule has 160 valence electrons. The lowest BCUT2D eigenvalue weighted by atomic mass is 10.0. The Morgan fingerprint density at radius 1 is 0.929 bits per heavy atom. The molecule has 0 aliphatic rings. The maximum Gasteiger partial charge on any atom is 0.322 e. The minimum absolute atomic E-state index is 0.135. The van der Waals surface area contributed by atoms with Gasteiger partial charge < -0.3 is 31.9 Å². The van der Waals surface area contributed by atoms with E-state index in [1.807, 2.05) is 13.8 Å². The fraction of sp³-hybridized carbons (Fsp3) is 0.688. The van der Waals surface area contributed by atoms with Crippen LogP contribution in [0.2, 0.25) is 0 Å². The van der Waals surface area contributed by atoms with Crippen LogP contribution in [-0.2, 0) is 24.0 Å². The number of nitrogens with two attached hydrogens (primary N) is 1. The van der Waals surface area contributed by atoms with Crippen LogP contribution >= 0.6 is 12.6 Å². The van der Waals surface area contributed by atoms with Gasteiger partial charge in [0.25, 0.3) is 0 Å². The molecular formula is C16H28N4O7S. The van der Waals surface area contributed by atoms with Crippen molar-refractivity contribution in [2.45, 2.75) is 51.2 Å². The fourth-order valence-corrected chi connectivity index (χ4v) is 2.44. The first-order chi connectivity index (χ1) is 13.0. The molecule has 28 heavy (non-hydrogen) atoms. The molecule has 0 aliphatic heterocycles. The van der Waals surface area contributed by atoms with E-state index in [1.165, 1.54) is 0 Å². The number of aliphatic carboxylic acids is 2. The van der Waals surface area contributed by atoms with Crippen LogP contribution < -0.4 is 21.7 Å². The third-order valence-corrected chi connectivity index (χ3v) is 3.94. The lowest BCUT2D eigenvalue weighted by Gasteiger charge is -2.23. The number of amides is 3. The van der Waals surface area contributed by atoms with E-state index in [4.69, 9.17) is 15.9 Å².